The van der Waals surface area contributed by atoms with Crippen LogP contribution in [0.5, 0.6) is 5.75 Å². The molecule has 2 aromatic rings. The van der Waals surface area contributed by atoms with Crippen molar-refractivity contribution in [3.63, 3.8) is 0 Å². The molecule has 2 N–H and O–H groups in total. The van der Waals surface area contributed by atoms with Gasteiger partial charge in [-0.25, -0.2) is 0 Å². The highest BCUT2D eigenvalue weighted by Crippen LogP contribution is 2.32. The largest absolute Gasteiger partial charge is 0.487 e. The van der Waals surface area contributed by atoms with Gasteiger partial charge >= 0.3 is 0 Å². The molecule has 1 aromatic heterocycles. The van der Waals surface area contributed by atoms with E-state index in [2.05, 4.69) is 17.2 Å². The van der Waals surface area contributed by atoms with E-state index in [4.69, 9.17) is 22.1 Å². The Hall–Kier alpha value is -1.52. The first-order valence-electron chi connectivity index (χ1n) is 6.75. The zero-order valence-corrected chi connectivity index (χ0v) is 12.4. The van der Waals surface area contributed by atoms with Gasteiger partial charge < -0.3 is 10.5 Å². The van der Waals surface area contributed by atoms with Crippen molar-refractivity contribution in [3.05, 3.63) is 45.7 Å². The maximum atomic E-state index is 6.21. The summed E-state index contributed by atoms with van der Waals surface area (Å²) in [7, 11) is 1.87. The monoisotopic (exact) mass is 291 g/mol. The number of fused-ring (bicyclic) bond motifs is 1. The Morgan fingerprint density at radius 2 is 2.30 bits per heavy atom. The molecular formula is C15H18ClN3O. The van der Waals surface area contributed by atoms with Crippen LogP contribution in [0.4, 0.5) is 0 Å². The SMILES string of the molecule is Cc1nn(C)c(COc2ccc3c(c2)CC[C@@H]3N)c1Cl. The van der Waals surface area contributed by atoms with Gasteiger partial charge in [0.05, 0.1) is 16.4 Å². The highest BCUT2D eigenvalue weighted by molar-refractivity contribution is 6.31. The summed E-state index contributed by atoms with van der Waals surface area (Å²) in [6, 6.07) is 6.30. The lowest BCUT2D eigenvalue weighted by atomic mass is 10.1. The summed E-state index contributed by atoms with van der Waals surface area (Å²) < 4.78 is 7.61. The first kappa shape index (κ1) is 13.5. The zero-order chi connectivity index (χ0) is 14.3. The molecule has 20 heavy (non-hydrogen) atoms. The normalized spacial score (nSPS) is 17.3. The third-order valence-electron chi connectivity index (χ3n) is 3.88. The maximum Gasteiger partial charge on any atom is 0.131 e. The number of hydrogen-bond acceptors (Lipinski definition) is 3. The predicted molar refractivity (Wildman–Crippen MR) is 79.0 cm³/mol. The molecule has 5 heteroatoms. The van der Waals surface area contributed by atoms with Gasteiger partial charge in [-0.1, -0.05) is 17.7 Å². The molecule has 0 aliphatic heterocycles. The van der Waals surface area contributed by atoms with Crippen LogP contribution >= 0.6 is 11.6 Å². The van der Waals surface area contributed by atoms with Crippen molar-refractivity contribution in [2.45, 2.75) is 32.4 Å². The molecule has 0 unspecified atom stereocenters. The predicted octanol–water partition coefficient (Wildman–Crippen LogP) is 2.91. The fraction of sp³-hybridized carbons (Fsp3) is 0.400. The maximum absolute atomic E-state index is 6.21. The van der Waals surface area contributed by atoms with E-state index in [1.165, 1.54) is 11.1 Å². The van der Waals surface area contributed by atoms with E-state index < -0.39 is 0 Å². The summed E-state index contributed by atoms with van der Waals surface area (Å²) in [5.41, 5.74) is 10.3. The molecule has 1 atom stereocenters. The van der Waals surface area contributed by atoms with Crippen LogP contribution < -0.4 is 10.5 Å². The van der Waals surface area contributed by atoms with Crippen LogP contribution in [0.3, 0.4) is 0 Å². The zero-order valence-electron chi connectivity index (χ0n) is 11.7. The highest BCUT2D eigenvalue weighted by atomic mass is 35.5. The molecule has 3 rings (SSSR count). The van der Waals surface area contributed by atoms with Crippen LogP contribution in [-0.4, -0.2) is 9.78 Å². The van der Waals surface area contributed by atoms with Crippen molar-refractivity contribution < 1.29 is 4.74 Å². The Kier molecular flexibility index (Phi) is 3.44. The molecule has 0 saturated carbocycles. The molecular weight excluding hydrogens is 274 g/mol. The number of nitrogens with two attached hydrogens (primary N) is 1. The van der Waals surface area contributed by atoms with Gasteiger partial charge in [-0.2, -0.15) is 5.10 Å². The first-order chi connectivity index (χ1) is 9.56. The Morgan fingerprint density at radius 1 is 1.50 bits per heavy atom. The van der Waals surface area contributed by atoms with E-state index in [1.54, 1.807) is 4.68 Å². The summed E-state index contributed by atoms with van der Waals surface area (Å²) in [5, 5.41) is 4.96. The van der Waals surface area contributed by atoms with E-state index in [0.29, 0.717) is 11.6 Å². The molecule has 0 saturated heterocycles. The van der Waals surface area contributed by atoms with Gasteiger partial charge in [-0.05, 0) is 43.0 Å². The van der Waals surface area contributed by atoms with Gasteiger partial charge in [0.2, 0.25) is 0 Å². The van der Waals surface area contributed by atoms with Crippen LogP contribution in [0, 0.1) is 6.92 Å². The second kappa shape index (κ2) is 5.11. The van der Waals surface area contributed by atoms with Crippen molar-refractivity contribution in [1.29, 1.82) is 0 Å². The second-order valence-corrected chi connectivity index (χ2v) is 5.64. The molecule has 0 fully saturated rings. The molecule has 1 heterocycles. The number of nitrogens with zero attached hydrogens (tertiary/aromatic N) is 2. The van der Waals surface area contributed by atoms with E-state index >= 15 is 0 Å². The molecule has 0 amide bonds. The molecule has 4 nitrogen and oxygen atoms in total. The van der Waals surface area contributed by atoms with Crippen molar-refractivity contribution in [1.82, 2.24) is 9.78 Å². The van der Waals surface area contributed by atoms with Crippen molar-refractivity contribution in [2.24, 2.45) is 12.8 Å². The Labute approximate surface area is 123 Å². The smallest absolute Gasteiger partial charge is 0.131 e. The summed E-state index contributed by atoms with van der Waals surface area (Å²) in [5.74, 6) is 0.854. The number of aromatic nitrogens is 2. The number of aryl methyl sites for hydroxylation is 3. The van der Waals surface area contributed by atoms with Gasteiger partial charge in [0.15, 0.2) is 0 Å². The van der Waals surface area contributed by atoms with Gasteiger partial charge in [-0.3, -0.25) is 4.68 Å². The summed E-state index contributed by atoms with van der Waals surface area (Å²) in [6.07, 6.45) is 2.05. The first-order valence-corrected chi connectivity index (χ1v) is 7.13. The van der Waals surface area contributed by atoms with Gasteiger partial charge in [0.25, 0.3) is 0 Å². The molecule has 106 valence electrons. The van der Waals surface area contributed by atoms with Crippen LogP contribution in [0.2, 0.25) is 5.02 Å². The molecule has 1 aliphatic carbocycles. The van der Waals surface area contributed by atoms with Gasteiger partial charge in [0, 0.05) is 13.1 Å². The van der Waals surface area contributed by atoms with E-state index in [1.807, 2.05) is 20.0 Å². The second-order valence-electron chi connectivity index (χ2n) is 5.26. The van der Waals surface area contributed by atoms with E-state index in [0.717, 1.165) is 30.0 Å². The standard InChI is InChI=1S/C15H18ClN3O/c1-9-15(16)14(19(2)18-9)8-20-11-4-5-12-10(7-11)3-6-13(12)17/h4-5,7,13H,3,6,8,17H2,1-2H3/t13-/m0/s1. The summed E-state index contributed by atoms with van der Waals surface area (Å²) in [6.45, 7) is 2.31. The number of hydrogen-bond donors (Lipinski definition) is 1. The third kappa shape index (κ3) is 2.30. The number of rotatable bonds is 3. The van der Waals surface area contributed by atoms with Crippen LogP contribution in [0.1, 0.15) is 35.0 Å². The topological polar surface area (TPSA) is 53.1 Å². The van der Waals surface area contributed by atoms with Gasteiger partial charge in [0.1, 0.15) is 12.4 Å². The minimum Gasteiger partial charge on any atom is -0.487 e. The average molecular weight is 292 g/mol. The number of benzene rings is 1. The highest BCUT2D eigenvalue weighted by Gasteiger charge is 2.19. The molecule has 1 aromatic carbocycles. The van der Waals surface area contributed by atoms with Crippen molar-refractivity contribution >= 4 is 11.6 Å². The summed E-state index contributed by atoms with van der Waals surface area (Å²) >= 11 is 6.21. The Bertz CT molecular complexity index is 651. The minimum atomic E-state index is 0.174. The molecule has 1 aliphatic rings. The van der Waals surface area contributed by atoms with Crippen LogP contribution in [0.25, 0.3) is 0 Å². The number of ether oxygens (including phenoxy) is 1. The summed E-state index contributed by atoms with van der Waals surface area (Å²) in [4.78, 5) is 0. The lowest BCUT2D eigenvalue weighted by molar-refractivity contribution is 0.294. The lowest BCUT2D eigenvalue weighted by Gasteiger charge is -2.10. The molecule has 0 spiro atoms. The average Bonchev–Trinajstić information content (AvgIpc) is 2.90. The van der Waals surface area contributed by atoms with Crippen molar-refractivity contribution in [3.8, 4) is 5.75 Å². The fourth-order valence-electron chi connectivity index (χ4n) is 2.71. The van der Waals surface area contributed by atoms with Crippen molar-refractivity contribution in [2.75, 3.05) is 0 Å². The third-order valence-corrected chi connectivity index (χ3v) is 4.37. The quantitative estimate of drug-likeness (QED) is 0.946. The Morgan fingerprint density at radius 3 is 3.00 bits per heavy atom. The molecule has 0 bridgehead atoms. The Balaban J connectivity index is 1.76. The van der Waals surface area contributed by atoms with E-state index in [9.17, 15) is 0 Å². The molecule has 0 radical (unpaired) electrons. The number of halogens is 1. The van der Waals surface area contributed by atoms with Gasteiger partial charge in [-0.15, -0.1) is 0 Å². The fourth-order valence-corrected chi connectivity index (χ4v) is 2.92. The van der Waals surface area contributed by atoms with Crippen LogP contribution in [0.15, 0.2) is 18.2 Å². The minimum absolute atomic E-state index is 0.174. The van der Waals surface area contributed by atoms with E-state index in [-0.39, 0.29) is 6.04 Å². The lowest BCUT2D eigenvalue weighted by Crippen LogP contribution is -2.05. The van der Waals surface area contributed by atoms with Crippen LogP contribution in [-0.2, 0) is 20.1 Å².